The molecule has 4 aromatic carbocycles. The van der Waals surface area contributed by atoms with Gasteiger partial charge >= 0.3 is 5.97 Å². The molecule has 9 heteroatoms. The number of hydrazone groups is 1. The largest absolute Gasteiger partial charge is 0.497 e. The van der Waals surface area contributed by atoms with Crippen LogP contribution < -0.4 is 25.0 Å². The van der Waals surface area contributed by atoms with E-state index in [0.29, 0.717) is 40.5 Å². The predicted molar refractivity (Wildman–Crippen MR) is 151 cm³/mol. The molecule has 0 bridgehead atoms. The molecule has 0 radical (unpaired) electrons. The molecule has 4 aromatic rings. The lowest BCUT2D eigenvalue weighted by molar-refractivity contribution is 0.0728. The second kappa shape index (κ2) is 13.4. The number of para-hydroxylation sites is 1. The van der Waals surface area contributed by atoms with Crippen molar-refractivity contribution in [1.29, 1.82) is 0 Å². The van der Waals surface area contributed by atoms with E-state index in [2.05, 4.69) is 15.8 Å². The zero-order chi connectivity index (χ0) is 28.3. The number of benzene rings is 4. The number of amides is 2. The van der Waals surface area contributed by atoms with Gasteiger partial charge in [-0.1, -0.05) is 30.3 Å². The lowest BCUT2D eigenvalue weighted by atomic mass is 10.1. The van der Waals surface area contributed by atoms with Crippen molar-refractivity contribution in [3.63, 3.8) is 0 Å². The third kappa shape index (κ3) is 7.11. The molecule has 9 nitrogen and oxygen atoms in total. The van der Waals surface area contributed by atoms with E-state index in [1.807, 2.05) is 13.0 Å². The van der Waals surface area contributed by atoms with Gasteiger partial charge in [-0.2, -0.15) is 5.10 Å². The highest BCUT2D eigenvalue weighted by Crippen LogP contribution is 2.29. The van der Waals surface area contributed by atoms with Gasteiger partial charge in [-0.15, -0.1) is 0 Å². The van der Waals surface area contributed by atoms with E-state index in [4.69, 9.17) is 14.2 Å². The first-order valence-electron chi connectivity index (χ1n) is 12.4. The van der Waals surface area contributed by atoms with Gasteiger partial charge in [0.2, 0.25) is 0 Å². The molecule has 0 aromatic heterocycles. The van der Waals surface area contributed by atoms with Gasteiger partial charge in [0.05, 0.1) is 36.7 Å². The third-order valence-electron chi connectivity index (χ3n) is 5.63. The standard InChI is InChI=1S/C31H27N3O6/c1-3-39-28-19-21(13-18-27(28)40-31(37)23-14-16-24(38-2)17-15-23)20-32-34-30(36)25-11-7-8-12-26(25)33-29(35)22-9-5-4-6-10-22/h4-20H,3H2,1-2H3,(H,33,35)(H,34,36)/b32-20-. The summed E-state index contributed by atoms with van der Waals surface area (Å²) in [5.41, 5.74) is 4.50. The number of esters is 1. The van der Waals surface area contributed by atoms with Crippen molar-refractivity contribution >= 4 is 29.7 Å². The number of anilines is 1. The Bertz CT molecular complexity index is 1520. The lowest BCUT2D eigenvalue weighted by Crippen LogP contribution is -2.21. The fraction of sp³-hybridized carbons (Fsp3) is 0.0968. The highest BCUT2D eigenvalue weighted by Gasteiger charge is 2.15. The summed E-state index contributed by atoms with van der Waals surface area (Å²) >= 11 is 0. The zero-order valence-electron chi connectivity index (χ0n) is 21.9. The van der Waals surface area contributed by atoms with Crippen LogP contribution in [0.2, 0.25) is 0 Å². The van der Waals surface area contributed by atoms with E-state index >= 15 is 0 Å². The SMILES string of the molecule is CCOc1cc(/C=N\NC(=O)c2ccccc2NC(=O)c2ccccc2)ccc1OC(=O)c1ccc(OC)cc1. The number of ether oxygens (including phenoxy) is 3. The Labute approximate surface area is 231 Å². The quantitative estimate of drug-likeness (QED) is 0.122. The first-order chi connectivity index (χ1) is 19.5. The van der Waals surface area contributed by atoms with E-state index < -0.39 is 11.9 Å². The normalized spacial score (nSPS) is 10.6. The second-order valence-corrected chi connectivity index (χ2v) is 8.32. The number of nitrogens with one attached hydrogen (secondary N) is 2. The molecular weight excluding hydrogens is 510 g/mol. The van der Waals surface area contributed by atoms with Crippen molar-refractivity contribution in [1.82, 2.24) is 5.43 Å². The second-order valence-electron chi connectivity index (χ2n) is 8.32. The summed E-state index contributed by atoms with van der Waals surface area (Å²) in [7, 11) is 1.55. The molecule has 4 rings (SSSR count). The zero-order valence-corrected chi connectivity index (χ0v) is 21.9. The average Bonchev–Trinajstić information content (AvgIpc) is 2.99. The van der Waals surface area contributed by atoms with Crippen molar-refractivity contribution in [3.05, 3.63) is 119 Å². The highest BCUT2D eigenvalue weighted by atomic mass is 16.6. The molecule has 0 saturated carbocycles. The van der Waals surface area contributed by atoms with Gasteiger partial charge in [0.1, 0.15) is 5.75 Å². The van der Waals surface area contributed by atoms with Gasteiger partial charge in [0, 0.05) is 5.56 Å². The Kier molecular flexibility index (Phi) is 9.23. The van der Waals surface area contributed by atoms with Gasteiger partial charge in [-0.25, -0.2) is 10.2 Å². The summed E-state index contributed by atoms with van der Waals surface area (Å²) in [5.74, 6) is -0.172. The average molecular weight is 538 g/mol. The molecule has 0 aliphatic carbocycles. The molecule has 202 valence electrons. The van der Waals surface area contributed by atoms with Gasteiger partial charge in [0.25, 0.3) is 11.8 Å². The van der Waals surface area contributed by atoms with E-state index in [-0.39, 0.29) is 17.2 Å². The van der Waals surface area contributed by atoms with E-state index in [1.54, 1.807) is 98.1 Å². The molecule has 0 unspecified atom stereocenters. The maximum Gasteiger partial charge on any atom is 0.343 e. The number of carbonyl (C=O) groups is 3. The van der Waals surface area contributed by atoms with Crippen LogP contribution in [-0.4, -0.2) is 37.7 Å². The summed E-state index contributed by atoms with van der Waals surface area (Å²) in [4.78, 5) is 38.0. The molecule has 40 heavy (non-hydrogen) atoms. The first kappa shape index (κ1) is 27.6. The molecule has 2 amide bonds. The Morgan fingerprint density at radius 2 is 1.52 bits per heavy atom. The minimum absolute atomic E-state index is 0.243. The molecule has 0 heterocycles. The van der Waals surface area contributed by atoms with Crippen LogP contribution in [0, 0.1) is 0 Å². The number of methoxy groups -OCH3 is 1. The van der Waals surface area contributed by atoms with E-state index in [9.17, 15) is 14.4 Å². The van der Waals surface area contributed by atoms with Crippen molar-refractivity contribution in [2.24, 2.45) is 5.10 Å². The molecule has 0 fully saturated rings. The van der Waals surface area contributed by atoms with Crippen LogP contribution in [0.25, 0.3) is 0 Å². The fourth-order valence-electron chi connectivity index (χ4n) is 3.64. The summed E-state index contributed by atoms with van der Waals surface area (Å²) in [6.07, 6.45) is 1.43. The molecule has 0 aliphatic rings. The molecule has 0 spiro atoms. The van der Waals surface area contributed by atoms with Gasteiger partial charge in [-0.05, 0) is 79.2 Å². The Morgan fingerprint density at radius 3 is 2.25 bits per heavy atom. The van der Waals surface area contributed by atoms with Crippen LogP contribution in [0.4, 0.5) is 5.69 Å². The fourth-order valence-corrected chi connectivity index (χ4v) is 3.64. The molecule has 0 saturated heterocycles. The molecule has 0 atom stereocenters. The molecular formula is C31H27N3O6. The maximum absolute atomic E-state index is 12.8. The van der Waals surface area contributed by atoms with Crippen LogP contribution in [0.1, 0.15) is 43.6 Å². The minimum atomic E-state index is -0.546. The number of rotatable bonds is 10. The highest BCUT2D eigenvalue weighted by molar-refractivity contribution is 6.09. The number of hydrogen-bond donors (Lipinski definition) is 2. The lowest BCUT2D eigenvalue weighted by Gasteiger charge is -2.12. The Hall–Kier alpha value is -5.44. The van der Waals surface area contributed by atoms with Crippen LogP contribution in [0.5, 0.6) is 17.2 Å². The predicted octanol–water partition coefficient (Wildman–Crippen LogP) is 5.33. The minimum Gasteiger partial charge on any atom is -0.497 e. The topological polar surface area (TPSA) is 115 Å². The summed E-state index contributed by atoms with van der Waals surface area (Å²) in [6.45, 7) is 2.15. The smallest absolute Gasteiger partial charge is 0.343 e. The van der Waals surface area contributed by atoms with Crippen molar-refractivity contribution in [2.45, 2.75) is 6.92 Å². The van der Waals surface area contributed by atoms with Crippen LogP contribution in [0.3, 0.4) is 0 Å². The molecule has 0 aliphatic heterocycles. The third-order valence-corrected chi connectivity index (χ3v) is 5.63. The Morgan fingerprint density at radius 1 is 0.800 bits per heavy atom. The number of carbonyl (C=O) groups excluding carboxylic acids is 3. The number of nitrogens with zero attached hydrogens (tertiary/aromatic N) is 1. The number of hydrogen-bond acceptors (Lipinski definition) is 7. The summed E-state index contributed by atoms with van der Waals surface area (Å²) in [5, 5.41) is 6.80. The van der Waals surface area contributed by atoms with Gasteiger partial charge in [0.15, 0.2) is 11.5 Å². The van der Waals surface area contributed by atoms with Crippen LogP contribution in [-0.2, 0) is 0 Å². The maximum atomic E-state index is 12.8. The van der Waals surface area contributed by atoms with Crippen LogP contribution >= 0.6 is 0 Å². The monoisotopic (exact) mass is 537 g/mol. The summed E-state index contributed by atoms with van der Waals surface area (Å²) in [6, 6.07) is 26.8. The van der Waals surface area contributed by atoms with Crippen LogP contribution in [0.15, 0.2) is 102 Å². The van der Waals surface area contributed by atoms with Gasteiger partial charge < -0.3 is 19.5 Å². The van der Waals surface area contributed by atoms with Crippen molar-refractivity contribution < 1.29 is 28.6 Å². The Balaban J connectivity index is 1.43. The van der Waals surface area contributed by atoms with Gasteiger partial charge in [-0.3, -0.25) is 9.59 Å². The first-order valence-corrected chi connectivity index (χ1v) is 12.4. The van der Waals surface area contributed by atoms with Crippen molar-refractivity contribution in [2.75, 3.05) is 19.0 Å². The van der Waals surface area contributed by atoms with E-state index in [1.165, 1.54) is 6.21 Å². The summed E-state index contributed by atoms with van der Waals surface area (Å²) < 4.78 is 16.3. The van der Waals surface area contributed by atoms with E-state index in [0.717, 1.165) is 0 Å². The van der Waals surface area contributed by atoms with Crippen molar-refractivity contribution in [3.8, 4) is 17.2 Å². The molecule has 2 N–H and O–H groups in total.